The Hall–Kier alpha value is -3.06. The molecular formula is C21H22N2O5. The molecule has 2 aromatic rings. The highest BCUT2D eigenvalue weighted by Crippen LogP contribution is 2.32. The zero-order valence-electron chi connectivity index (χ0n) is 15.4. The van der Waals surface area contributed by atoms with E-state index in [1.54, 1.807) is 18.2 Å². The number of amides is 2. The van der Waals surface area contributed by atoms with Crippen LogP contribution in [0.5, 0.6) is 11.5 Å². The van der Waals surface area contributed by atoms with E-state index in [1.165, 1.54) is 11.1 Å². The maximum atomic E-state index is 12.2. The molecule has 0 spiro atoms. The van der Waals surface area contributed by atoms with Crippen LogP contribution in [0.4, 0.5) is 0 Å². The van der Waals surface area contributed by atoms with Gasteiger partial charge in [-0.1, -0.05) is 24.3 Å². The zero-order valence-corrected chi connectivity index (χ0v) is 15.4. The van der Waals surface area contributed by atoms with Crippen LogP contribution in [0.2, 0.25) is 0 Å². The van der Waals surface area contributed by atoms with Crippen LogP contribution < -0.4 is 20.1 Å². The summed E-state index contributed by atoms with van der Waals surface area (Å²) in [6.45, 7) is 1.24. The molecule has 0 radical (unpaired) electrons. The van der Waals surface area contributed by atoms with E-state index in [1.807, 2.05) is 12.1 Å². The summed E-state index contributed by atoms with van der Waals surface area (Å²) in [5.41, 5.74) is 2.92. The lowest BCUT2D eigenvalue weighted by atomic mass is 9.96. The number of ether oxygens (including phenoxy) is 3. The van der Waals surface area contributed by atoms with Crippen LogP contribution >= 0.6 is 0 Å². The first kappa shape index (κ1) is 18.3. The number of carbonyl (C=O) groups excluding carboxylic acids is 2. The average Bonchev–Trinajstić information content (AvgIpc) is 3.20. The Morgan fingerprint density at radius 2 is 1.89 bits per heavy atom. The number of fused-ring (bicyclic) bond motifs is 2. The van der Waals surface area contributed by atoms with Gasteiger partial charge in [-0.05, 0) is 42.2 Å². The summed E-state index contributed by atoms with van der Waals surface area (Å²) in [6, 6.07) is 13.2. The Morgan fingerprint density at radius 3 is 2.82 bits per heavy atom. The van der Waals surface area contributed by atoms with Crippen LogP contribution in [0.1, 0.15) is 34.0 Å². The van der Waals surface area contributed by atoms with Crippen LogP contribution in [-0.2, 0) is 16.0 Å². The van der Waals surface area contributed by atoms with Gasteiger partial charge in [-0.15, -0.1) is 0 Å². The van der Waals surface area contributed by atoms with E-state index < -0.39 is 0 Å². The minimum Gasteiger partial charge on any atom is -0.454 e. The predicted octanol–water partition coefficient (Wildman–Crippen LogP) is 1.97. The molecule has 2 aliphatic rings. The molecule has 0 saturated heterocycles. The predicted molar refractivity (Wildman–Crippen MR) is 101 cm³/mol. The zero-order chi connectivity index (χ0) is 19.3. The Balaban J connectivity index is 1.22. The van der Waals surface area contributed by atoms with Crippen LogP contribution in [-0.4, -0.2) is 38.3 Å². The van der Waals surface area contributed by atoms with Gasteiger partial charge in [0.05, 0.1) is 19.3 Å². The second-order valence-corrected chi connectivity index (χ2v) is 6.70. The molecule has 28 heavy (non-hydrogen) atoms. The summed E-state index contributed by atoms with van der Waals surface area (Å²) in [7, 11) is 0. The van der Waals surface area contributed by atoms with Gasteiger partial charge in [-0.25, -0.2) is 0 Å². The fourth-order valence-corrected chi connectivity index (χ4v) is 3.42. The normalized spacial score (nSPS) is 16.9. The van der Waals surface area contributed by atoms with E-state index in [2.05, 4.69) is 22.8 Å². The molecule has 2 aliphatic heterocycles. The van der Waals surface area contributed by atoms with Crippen molar-refractivity contribution in [2.24, 2.45) is 0 Å². The largest absolute Gasteiger partial charge is 0.454 e. The molecule has 1 atom stereocenters. The lowest BCUT2D eigenvalue weighted by Gasteiger charge is -2.26. The molecule has 0 bridgehead atoms. The Labute approximate surface area is 163 Å². The molecule has 0 aromatic heterocycles. The van der Waals surface area contributed by atoms with E-state index in [0.717, 1.165) is 6.42 Å². The second-order valence-electron chi connectivity index (χ2n) is 6.70. The van der Waals surface area contributed by atoms with Crippen molar-refractivity contribution in [2.75, 3.05) is 26.5 Å². The van der Waals surface area contributed by atoms with Crippen molar-refractivity contribution in [3.8, 4) is 11.5 Å². The lowest BCUT2D eigenvalue weighted by molar-refractivity contribution is -0.120. The van der Waals surface area contributed by atoms with Crippen molar-refractivity contribution in [1.82, 2.24) is 10.6 Å². The molecular weight excluding hydrogens is 360 g/mol. The molecule has 0 aliphatic carbocycles. The van der Waals surface area contributed by atoms with Crippen molar-refractivity contribution >= 4 is 11.8 Å². The van der Waals surface area contributed by atoms with Gasteiger partial charge >= 0.3 is 0 Å². The maximum Gasteiger partial charge on any atom is 0.251 e. The van der Waals surface area contributed by atoms with Gasteiger partial charge in [0.25, 0.3) is 5.91 Å². The third kappa shape index (κ3) is 4.09. The Kier molecular flexibility index (Phi) is 5.43. The topological polar surface area (TPSA) is 85.9 Å². The summed E-state index contributed by atoms with van der Waals surface area (Å²) >= 11 is 0. The third-order valence-corrected chi connectivity index (χ3v) is 4.87. The second kappa shape index (κ2) is 8.31. The lowest BCUT2D eigenvalue weighted by Crippen LogP contribution is -2.37. The Morgan fingerprint density at radius 1 is 1.04 bits per heavy atom. The van der Waals surface area contributed by atoms with E-state index in [-0.39, 0.29) is 31.3 Å². The fraction of sp³-hybridized carbons (Fsp3) is 0.333. The number of benzene rings is 2. The van der Waals surface area contributed by atoms with Gasteiger partial charge in [0.15, 0.2) is 11.5 Å². The smallest absolute Gasteiger partial charge is 0.251 e. The number of rotatable bonds is 6. The highest BCUT2D eigenvalue weighted by atomic mass is 16.7. The van der Waals surface area contributed by atoms with Crippen molar-refractivity contribution < 1.29 is 23.8 Å². The molecule has 7 nitrogen and oxygen atoms in total. The SMILES string of the molecule is O=C(CNC(=O)c1ccc2c(c1)OCO2)NCCC1OCCc2ccccc21. The van der Waals surface area contributed by atoms with Crippen LogP contribution in [0.25, 0.3) is 0 Å². The van der Waals surface area contributed by atoms with Gasteiger partial charge in [0.1, 0.15) is 0 Å². The molecule has 4 rings (SSSR count). The number of hydrogen-bond donors (Lipinski definition) is 2. The van der Waals surface area contributed by atoms with Gasteiger partial charge in [0.2, 0.25) is 12.7 Å². The fourth-order valence-electron chi connectivity index (χ4n) is 3.42. The standard InChI is InChI=1S/C21H22N2O5/c24-20(12-23-21(25)15-5-6-18-19(11-15)28-13-27-18)22-9-7-17-16-4-2-1-3-14(16)8-10-26-17/h1-6,11,17H,7-10,12-13H2,(H,22,24)(H,23,25). The first-order valence-corrected chi connectivity index (χ1v) is 9.34. The Bertz CT molecular complexity index is 883. The molecule has 7 heteroatoms. The summed E-state index contributed by atoms with van der Waals surface area (Å²) in [5, 5.41) is 5.45. The number of nitrogens with one attached hydrogen (secondary N) is 2. The number of carbonyl (C=O) groups is 2. The quantitative estimate of drug-likeness (QED) is 0.798. The summed E-state index contributed by atoms with van der Waals surface area (Å²) < 4.78 is 16.3. The van der Waals surface area contributed by atoms with Crippen molar-refractivity contribution in [3.05, 3.63) is 59.2 Å². The average molecular weight is 382 g/mol. The van der Waals surface area contributed by atoms with Crippen molar-refractivity contribution in [1.29, 1.82) is 0 Å². The van der Waals surface area contributed by atoms with Crippen molar-refractivity contribution in [3.63, 3.8) is 0 Å². The molecule has 1 unspecified atom stereocenters. The van der Waals surface area contributed by atoms with Gasteiger partial charge in [-0.3, -0.25) is 9.59 Å². The van der Waals surface area contributed by atoms with Crippen LogP contribution in [0.15, 0.2) is 42.5 Å². The van der Waals surface area contributed by atoms with Gasteiger partial charge in [-0.2, -0.15) is 0 Å². The monoisotopic (exact) mass is 382 g/mol. The van der Waals surface area contributed by atoms with E-state index in [4.69, 9.17) is 14.2 Å². The minimum absolute atomic E-state index is 0.00604. The van der Waals surface area contributed by atoms with Crippen LogP contribution in [0.3, 0.4) is 0 Å². The molecule has 0 fully saturated rings. The third-order valence-electron chi connectivity index (χ3n) is 4.87. The molecule has 2 aromatic carbocycles. The molecule has 2 heterocycles. The highest BCUT2D eigenvalue weighted by molar-refractivity contribution is 5.97. The van der Waals surface area contributed by atoms with Gasteiger partial charge < -0.3 is 24.8 Å². The molecule has 146 valence electrons. The highest BCUT2D eigenvalue weighted by Gasteiger charge is 2.20. The van der Waals surface area contributed by atoms with Gasteiger partial charge in [0, 0.05) is 12.1 Å². The summed E-state index contributed by atoms with van der Waals surface area (Å²) in [6.07, 6.45) is 1.61. The summed E-state index contributed by atoms with van der Waals surface area (Å²) in [5.74, 6) is 0.571. The molecule has 2 amide bonds. The summed E-state index contributed by atoms with van der Waals surface area (Å²) in [4.78, 5) is 24.2. The first-order chi connectivity index (χ1) is 13.7. The van der Waals surface area contributed by atoms with E-state index >= 15 is 0 Å². The van der Waals surface area contributed by atoms with Crippen LogP contribution in [0, 0.1) is 0 Å². The van der Waals surface area contributed by atoms with Crippen molar-refractivity contribution in [2.45, 2.75) is 18.9 Å². The first-order valence-electron chi connectivity index (χ1n) is 9.34. The number of hydrogen-bond acceptors (Lipinski definition) is 5. The van der Waals surface area contributed by atoms with E-state index in [0.29, 0.717) is 36.6 Å². The molecule has 0 saturated carbocycles. The maximum absolute atomic E-state index is 12.2. The minimum atomic E-state index is -0.335. The molecule has 2 N–H and O–H groups in total. The van der Waals surface area contributed by atoms with E-state index in [9.17, 15) is 9.59 Å².